The van der Waals surface area contributed by atoms with Gasteiger partial charge in [0, 0.05) is 18.0 Å². The van der Waals surface area contributed by atoms with E-state index in [-0.39, 0.29) is 5.92 Å². The Hall–Kier alpha value is -3.66. The van der Waals surface area contributed by atoms with Crippen molar-refractivity contribution in [2.45, 2.75) is 12.8 Å². The van der Waals surface area contributed by atoms with E-state index in [0.29, 0.717) is 18.7 Å². The van der Waals surface area contributed by atoms with Crippen LogP contribution in [0.3, 0.4) is 0 Å². The number of rotatable bonds is 6. The van der Waals surface area contributed by atoms with Gasteiger partial charge >= 0.3 is 6.09 Å². The van der Waals surface area contributed by atoms with Gasteiger partial charge in [0.2, 0.25) is 0 Å². The first kappa shape index (κ1) is 19.6. The summed E-state index contributed by atoms with van der Waals surface area (Å²) < 4.78 is 5.52. The zero-order valence-electron chi connectivity index (χ0n) is 16.8. The summed E-state index contributed by atoms with van der Waals surface area (Å²) in [6.45, 7) is 2.59. The summed E-state index contributed by atoms with van der Waals surface area (Å²) in [7, 11) is 0. The highest BCUT2D eigenvalue weighted by Gasteiger charge is 2.28. The average molecular weight is 397 g/mol. The normalized spacial score (nSPS) is 12.4. The Kier molecular flexibility index (Phi) is 5.75. The molecule has 0 aromatic heterocycles. The number of amides is 1. The lowest BCUT2D eigenvalue weighted by Gasteiger charge is -2.14. The van der Waals surface area contributed by atoms with Crippen LogP contribution in [0.2, 0.25) is 0 Å². The van der Waals surface area contributed by atoms with Gasteiger partial charge in [-0.15, -0.1) is 0 Å². The van der Waals surface area contributed by atoms with E-state index in [2.05, 4.69) is 29.6 Å². The van der Waals surface area contributed by atoms with Crippen molar-refractivity contribution in [2.24, 2.45) is 0 Å². The molecular formula is C26H23NO3. The van der Waals surface area contributed by atoms with Crippen LogP contribution in [-0.4, -0.2) is 25.5 Å². The van der Waals surface area contributed by atoms with Crippen LogP contribution >= 0.6 is 0 Å². The van der Waals surface area contributed by atoms with Crippen molar-refractivity contribution in [3.8, 4) is 11.1 Å². The van der Waals surface area contributed by atoms with Crippen molar-refractivity contribution >= 4 is 18.5 Å². The minimum atomic E-state index is -0.445. The second-order valence-electron chi connectivity index (χ2n) is 7.40. The third-order valence-electron chi connectivity index (χ3n) is 5.28. The van der Waals surface area contributed by atoms with Crippen LogP contribution in [-0.2, 0) is 4.74 Å². The van der Waals surface area contributed by atoms with Crippen molar-refractivity contribution in [2.75, 3.05) is 13.2 Å². The molecule has 150 valence electrons. The number of carbonyl (C=O) groups excluding carboxylic acids is 2. The van der Waals surface area contributed by atoms with Crippen molar-refractivity contribution in [3.05, 3.63) is 101 Å². The van der Waals surface area contributed by atoms with Crippen LogP contribution in [0.15, 0.2) is 72.8 Å². The van der Waals surface area contributed by atoms with Gasteiger partial charge < -0.3 is 10.1 Å². The zero-order valence-corrected chi connectivity index (χ0v) is 16.8. The molecule has 0 unspecified atom stereocenters. The van der Waals surface area contributed by atoms with E-state index in [4.69, 9.17) is 4.74 Å². The number of hydrogen-bond donors (Lipinski definition) is 1. The van der Waals surface area contributed by atoms with Gasteiger partial charge in [-0.3, -0.25) is 4.79 Å². The molecule has 4 nitrogen and oxygen atoms in total. The lowest BCUT2D eigenvalue weighted by molar-refractivity contribution is 0.112. The fourth-order valence-electron chi connectivity index (χ4n) is 3.99. The number of fused-ring (bicyclic) bond motifs is 3. The van der Waals surface area contributed by atoms with Crippen LogP contribution in [0.1, 0.15) is 38.5 Å². The highest BCUT2D eigenvalue weighted by atomic mass is 16.5. The van der Waals surface area contributed by atoms with E-state index in [1.807, 2.05) is 61.5 Å². The van der Waals surface area contributed by atoms with E-state index < -0.39 is 6.09 Å². The summed E-state index contributed by atoms with van der Waals surface area (Å²) in [5, 5.41) is 2.75. The monoisotopic (exact) mass is 397 g/mol. The summed E-state index contributed by atoms with van der Waals surface area (Å²) in [6, 6.07) is 22.1. The third kappa shape index (κ3) is 4.18. The first-order valence-electron chi connectivity index (χ1n) is 9.98. The molecule has 1 aliphatic rings. The number of aldehydes is 1. The molecule has 0 fully saturated rings. The third-order valence-corrected chi connectivity index (χ3v) is 5.28. The zero-order chi connectivity index (χ0) is 20.9. The van der Waals surface area contributed by atoms with E-state index in [0.717, 1.165) is 17.4 Å². The molecular weight excluding hydrogens is 374 g/mol. The molecule has 0 atom stereocenters. The van der Waals surface area contributed by atoms with Crippen molar-refractivity contribution in [1.29, 1.82) is 0 Å². The molecule has 0 spiro atoms. The summed E-state index contributed by atoms with van der Waals surface area (Å²) in [5.41, 5.74) is 7.37. The number of carbonyl (C=O) groups is 2. The van der Waals surface area contributed by atoms with Gasteiger partial charge in [-0.1, -0.05) is 66.7 Å². The van der Waals surface area contributed by atoms with Gasteiger partial charge in [0.05, 0.1) is 0 Å². The average Bonchev–Trinajstić information content (AvgIpc) is 3.09. The molecule has 3 aromatic rings. The Bertz CT molecular complexity index is 1070. The predicted octanol–water partition coefficient (Wildman–Crippen LogP) is 5.36. The molecule has 4 rings (SSSR count). The number of hydrogen-bond acceptors (Lipinski definition) is 3. The van der Waals surface area contributed by atoms with Gasteiger partial charge in [0.15, 0.2) is 0 Å². The molecule has 0 heterocycles. The molecule has 30 heavy (non-hydrogen) atoms. The van der Waals surface area contributed by atoms with Gasteiger partial charge in [0.25, 0.3) is 0 Å². The summed E-state index contributed by atoms with van der Waals surface area (Å²) in [6.07, 6.45) is 4.10. The Morgan fingerprint density at radius 2 is 1.60 bits per heavy atom. The van der Waals surface area contributed by atoms with E-state index >= 15 is 0 Å². The topological polar surface area (TPSA) is 55.4 Å². The first-order chi connectivity index (χ1) is 14.7. The highest BCUT2D eigenvalue weighted by molar-refractivity contribution is 5.79. The standard InChI is InChI=1S/C26H23NO3/c1-18-13-19(15-20(14-18)16-28)7-6-12-27-26(29)30-17-25-23-10-4-2-8-21(23)22-9-3-5-11-24(22)25/h2-11,13-16,25H,12,17H2,1H3,(H,27,29). The number of ether oxygens (including phenoxy) is 1. The lowest BCUT2D eigenvalue weighted by atomic mass is 9.98. The van der Waals surface area contributed by atoms with Gasteiger partial charge in [-0.25, -0.2) is 4.79 Å². The summed E-state index contributed by atoms with van der Waals surface area (Å²) >= 11 is 0. The molecule has 0 radical (unpaired) electrons. The molecule has 3 aromatic carbocycles. The number of nitrogens with one attached hydrogen (secondary N) is 1. The van der Waals surface area contributed by atoms with E-state index in [9.17, 15) is 9.59 Å². The van der Waals surface area contributed by atoms with Crippen LogP contribution in [0.4, 0.5) is 4.79 Å². The first-order valence-corrected chi connectivity index (χ1v) is 9.98. The maximum absolute atomic E-state index is 12.2. The number of benzene rings is 3. The molecule has 1 aliphatic carbocycles. The fourth-order valence-corrected chi connectivity index (χ4v) is 3.99. The molecule has 0 saturated heterocycles. The Labute approximate surface area is 176 Å². The maximum Gasteiger partial charge on any atom is 0.407 e. The highest BCUT2D eigenvalue weighted by Crippen LogP contribution is 2.44. The van der Waals surface area contributed by atoms with Crippen molar-refractivity contribution in [3.63, 3.8) is 0 Å². The fraction of sp³-hybridized carbons (Fsp3) is 0.154. The smallest absolute Gasteiger partial charge is 0.407 e. The van der Waals surface area contributed by atoms with Gasteiger partial charge in [0.1, 0.15) is 12.9 Å². The minimum absolute atomic E-state index is 0.0488. The van der Waals surface area contributed by atoms with Crippen LogP contribution in [0.25, 0.3) is 17.2 Å². The molecule has 0 bridgehead atoms. The quantitative estimate of drug-likeness (QED) is 0.570. The molecule has 1 amide bonds. The van der Waals surface area contributed by atoms with Crippen LogP contribution in [0.5, 0.6) is 0 Å². The molecule has 0 aliphatic heterocycles. The van der Waals surface area contributed by atoms with Crippen molar-refractivity contribution in [1.82, 2.24) is 5.32 Å². The SMILES string of the molecule is Cc1cc(C=O)cc(C=CCNC(=O)OCC2c3ccccc3-c3ccccc32)c1. The van der Waals surface area contributed by atoms with Crippen LogP contribution in [0, 0.1) is 6.92 Å². The predicted molar refractivity (Wildman–Crippen MR) is 119 cm³/mol. The van der Waals surface area contributed by atoms with Crippen molar-refractivity contribution < 1.29 is 14.3 Å². The second-order valence-corrected chi connectivity index (χ2v) is 7.40. The Morgan fingerprint density at radius 3 is 2.27 bits per heavy atom. The van der Waals surface area contributed by atoms with Crippen LogP contribution < -0.4 is 5.32 Å². The number of alkyl carbamates (subject to hydrolysis) is 1. The van der Waals surface area contributed by atoms with Gasteiger partial charge in [-0.2, -0.15) is 0 Å². The summed E-state index contributed by atoms with van der Waals surface area (Å²) in [5.74, 6) is 0.0488. The second kappa shape index (κ2) is 8.78. The Balaban J connectivity index is 1.34. The summed E-state index contributed by atoms with van der Waals surface area (Å²) in [4.78, 5) is 23.1. The Morgan fingerprint density at radius 1 is 0.967 bits per heavy atom. The lowest BCUT2D eigenvalue weighted by Crippen LogP contribution is -2.26. The van der Waals surface area contributed by atoms with E-state index in [1.165, 1.54) is 22.3 Å². The largest absolute Gasteiger partial charge is 0.449 e. The minimum Gasteiger partial charge on any atom is -0.449 e. The van der Waals surface area contributed by atoms with Gasteiger partial charge in [-0.05, 0) is 52.4 Å². The maximum atomic E-state index is 12.2. The number of aryl methyl sites for hydroxylation is 1. The molecule has 1 N–H and O–H groups in total. The van der Waals surface area contributed by atoms with E-state index in [1.54, 1.807) is 0 Å². The molecule has 4 heteroatoms. The molecule has 0 saturated carbocycles.